The molecule has 1 aromatic heterocycles. The van der Waals surface area contributed by atoms with Crippen molar-refractivity contribution >= 4 is 21.9 Å². The molecule has 1 aromatic rings. The summed E-state index contributed by atoms with van der Waals surface area (Å²) in [6, 6.07) is 0. The summed E-state index contributed by atoms with van der Waals surface area (Å²) in [7, 11) is 0.974. The molecule has 0 atom stereocenters. The number of hydrogen-bond acceptors (Lipinski definition) is 4. The molecule has 0 unspecified atom stereocenters. The number of alkyl halides is 7. The molecule has 0 bridgehead atoms. The van der Waals surface area contributed by atoms with Crippen LogP contribution in [0.2, 0.25) is 0 Å². The van der Waals surface area contributed by atoms with Gasteiger partial charge in [0.25, 0.3) is 0 Å². The Morgan fingerprint density at radius 3 is 2.27 bits per heavy atom. The standard InChI is InChI=1S/C11H8BrF6NO3/c1-21-8(20)2-7-9(22-11(16,17)18)5(3-12)6(4-19-7)10(13,14)15/h4H,2-3H2,1H3. The van der Waals surface area contributed by atoms with Gasteiger partial charge in [0, 0.05) is 17.1 Å². The third-order valence-corrected chi connectivity index (χ3v) is 2.97. The Kier molecular flexibility index (Phi) is 5.65. The monoisotopic (exact) mass is 395 g/mol. The smallest absolute Gasteiger partial charge is 0.469 e. The van der Waals surface area contributed by atoms with Crippen LogP contribution in [-0.4, -0.2) is 24.4 Å². The molecular formula is C11H8BrF6NO3. The Hall–Kier alpha value is -1.52. The van der Waals surface area contributed by atoms with E-state index in [4.69, 9.17) is 0 Å². The molecule has 1 rings (SSSR count). The van der Waals surface area contributed by atoms with E-state index in [-0.39, 0.29) is 0 Å². The molecule has 0 N–H and O–H groups in total. The van der Waals surface area contributed by atoms with Crippen LogP contribution in [0, 0.1) is 0 Å². The van der Waals surface area contributed by atoms with Crippen LogP contribution in [0.4, 0.5) is 26.3 Å². The molecule has 0 aliphatic heterocycles. The lowest BCUT2D eigenvalue weighted by Gasteiger charge is -2.19. The van der Waals surface area contributed by atoms with E-state index in [0.29, 0.717) is 6.20 Å². The second-order valence-electron chi connectivity index (χ2n) is 3.86. The van der Waals surface area contributed by atoms with Gasteiger partial charge in [-0.3, -0.25) is 9.78 Å². The van der Waals surface area contributed by atoms with Crippen LogP contribution >= 0.6 is 15.9 Å². The number of carbonyl (C=O) groups is 1. The SMILES string of the molecule is COC(=O)Cc1ncc(C(F)(F)F)c(CBr)c1OC(F)(F)F. The van der Waals surface area contributed by atoms with Gasteiger partial charge in [-0.1, -0.05) is 15.9 Å². The van der Waals surface area contributed by atoms with Gasteiger partial charge in [-0.2, -0.15) is 13.2 Å². The Balaban J connectivity index is 3.49. The molecule has 4 nitrogen and oxygen atoms in total. The van der Waals surface area contributed by atoms with E-state index < -0.39 is 52.8 Å². The van der Waals surface area contributed by atoms with Gasteiger partial charge in [0.05, 0.1) is 24.8 Å². The fourth-order valence-electron chi connectivity index (χ4n) is 1.52. The van der Waals surface area contributed by atoms with Gasteiger partial charge < -0.3 is 9.47 Å². The lowest BCUT2D eigenvalue weighted by atomic mass is 10.1. The Morgan fingerprint density at radius 2 is 1.86 bits per heavy atom. The van der Waals surface area contributed by atoms with Crippen molar-refractivity contribution in [3.8, 4) is 5.75 Å². The minimum Gasteiger partial charge on any atom is -0.469 e. The first-order chi connectivity index (χ1) is 9.99. The highest BCUT2D eigenvalue weighted by molar-refractivity contribution is 9.08. The average Bonchev–Trinajstić information content (AvgIpc) is 2.37. The van der Waals surface area contributed by atoms with Crippen molar-refractivity contribution in [3.05, 3.63) is 23.0 Å². The van der Waals surface area contributed by atoms with Gasteiger partial charge >= 0.3 is 18.5 Å². The van der Waals surface area contributed by atoms with Gasteiger partial charge in [0.2, 0.25) is 0 Å². The minimum atomic E-state index is -5.24. The van der Waals surface area contributed by atoms with Crippen molar-refractivity contribution < 1.29 is 40.6 Å². The third kappa shape index (κ3) is 4.75. The highest BCUT2D eigenvalue weighted by Crippen LogP contribution is 2.40. The average molecular weight is 396 g/mol. The molecule has 0 aliphatic carbocycles. The quantitative estimate of drug-likeness (QED) is 0.444. The molecule has 0 saturated heterocycles. The number of aromatic nitrogens is 1. The zero-order chi connectivity index (χ0) is 17.1. The zero-order valence-corrected chi connectivity index (χ0v) is 12.4. The summed E-state index contributed by atoms with van der Waals surface area (Å²) in [6.45, 7) is 0. The third-order valence-electron chi connectivity index (χ3n) is 2.41. The van der Waals surface area contributed by atoms with E-state index in [0.717, 1.165) is 7.11 Å². The van der Waals surface area contributed by atoms with Gasteiger partial charge in [0.1, 0.15) is 0 Å². The molecule has 0 amide bonds. The molecule has 0 aromatic carbocycles. The summed E-state index contributed by atoms with van der Waals surface area (Å²) in [5, 5.41) is -0.579. The minimum absolute atomic E-state index is 0.345. The second kappa shape index (κ2) is 6.71. The van der Waals surface area contributed by atoms with Gasteiger partial charge in [0.15, 0.2) is 5.75 Å². The summed E-state index contributed by atoms with van der Waals surface area (Å²) in [4.78, 5) is 14.4. The van der Waals surface area contributed by atoms with Crippen LogP contribution in [0.1, 0.15) is 16.8 Å². The molecule has 0 aliphatic rings. The van der Waals surface area contributed by atoms with Crippen LogP contribution in [-0.2, 0) is 27.5 Å². The predicted octanol–water partition coefficient (Wildman–Crippen LogP) is 3.61. The number of methoxy groups -OCH3 is 1. The maximum absolute atomic E-state index is 12.8. The van der Waals surface area contributed by atoms with Crippen molar-refractivity contribution in [1.82, 2.24) is 4.98 Å². The van der Waals surface area contributed by atoms with E-state index in [1.54, 1.807) is 0 Å². The molecule has 0 radical (unpaired) electrons. The Labute approximate surface area is 128 Å². The fourth-order valence-corrected chi connectivity index (χ4v) is 2.08. The molecule has 1 heterocycles. The number of nitrogens with zero attached hydrogens (tertiary/aromatic N) is 1. The number of pyridine rings is 1. The molecule has 0 saturated carbocycles. The predicted molar refractivity (Wildman–Crippen MR) is 64.3 cm³/mol. The van der Waals surface area contributed by atoms with E-state index >= 15 is 0 Å². The summed E-state index contributed by atoms with van der Waals surface area (Å²) in [5.74, 6) is -2.13. The van der Waals surface area contributed by atoms with Gasteiger partial charge in [-0.15, -0.1) is 13.2 Å². The van der Waals surface area contributed by atoms with Gasteiger partial charge in [-0.05, 0) is 0 Å². The van der Waals surface area contributed by atoms with E-state index in [1.807, 2.05) is 0 Å². The lowest BCUT2D eigenvalue weighted by molar-refractivity contribution is -0.275. The first-order valence-corrected chi connectivity index (χ1v) is 6.58. The van der Waals surface area contributed by atoms with E-state index in [2.05, 4.69) is 30.4 Å². The van der Waals surface area contributed by atoms with Gasteiger partial charge in [-0.25, -0.2) is 0 Å². The maximum atomic E-state index is 12.8. The number of halogens is 7. The van der Waals surface area contributed by atoms with Crippen molar-refractivity contribution in [2.45, 2.75) is 24.3 Å². The summed E-state index contributed by atoms with van der Waals surface area (Å²) in [6.07, 6.45) is -10.6. The maximum Gasteiger partial charge on any atom is 0.573 e. The summed E-state index contributed by atoms with van der Waals surface area (Å²) < 4.78 is 83.6. The summed E-state index contributed by atoms with van der Waals surface area (Å²) >= 11 is 2.69. The van der Waals surface area contributed by atoms with Crippen LogP contribution in [0.3, 0.4) is 0 Å². The topological polar surface area (TPSA) is 48.4 Å². The van der Waals surface area contributed by atoms with Crippen LogP contribution in [0.15, 0.2) is 6.20 Å². The van der Waals surface area contributed by atoms with Crippen molar-refractivity contribution in [2.75, 3.05) is 7.11 Å². The zero-order valence-electron chi connectivity index (χ0n) is 10.8. The number of esters is 1. The highest BCUT2D eigenvalue weighted by atomic mass is 79.9. The van der Waals surface area contributed by atoms with Crippen LogP contribution < -0.4 is 4.74 Å². The number of ether oxygens (including phenoxy) is 2. The normalized spacial score (nSPS) is 12.2. The fraction of sp³-hybridized carbons (Fsp3) is 0.455. The van der Waals surface area contributed by atoms with E-state index in [9.17, 15) is 31.1 Å². The molecule has 22 heavy (non-hydrogen) atoms. The molecule has 0 fully saturated rings. The molecule has 124 valence electrons. The first-order valence-electron chi connectivity index (χ1n) is 5.46. The second-order valence-corrected chi connectivity index (χ2v) is 4.42. The number of rotatable bonds is 4. The number of carbonyl (C=O) groups excluding carboxylic acids is 1. The van der Waals surface area contributed by atoms with Crippen molar-refractivity contribution in [2.24, 2.45) is 0 Å². The van der Waals surface area contributed by atoms with Crippen molar-refractivity contribution in [1.29, 1.82) is 0 Å². The largest absolute Gasteiger partial charge is 0.573 e. The first kappa shape index (κ1) is 18.5. The highest BCUT2D eigenvalue weighted by Gasteiger charge is 2.39. The Bertz CT molecular complexity index is 558. The molecule has 0 spiro atoms. The van der Waals surface area contributed by atoms with Crippen LogP contribution in [0.5, 0.6) is 5.75 Å². The Morgan fingerprint density at radius 1 is 1.27 bits per heavy atom. The molecule has 11 heteroatoms. The van der Waals surface area contributed by atoms with E-state index in [1.165, 1.54) is 0 Å². The molecular weight excluding hydrogens is 388 g/mol. The van der Waals surface area contributed by atoms with Crippen molar-refractivity contribution in [3.63, 3.8) is 0 Å². The van der Waals surface area contributed by atoms with Crippen LogP contribution in [0.25, 0.3) is 0 Å². The summed E-state index contributed by atoms with van der Waals surface area (Å²) in [5.41, 5.74) is -2.80. The number of hydrogen-bond donors (Lipinski definition) is 0. The lowest BCUT2D eigenvalue weighted by Crippen LogP contribution is -2.22.